The first-order valence-corrected chi connectivity index (χ1v) is 7.80. The van der Waals surface area contributed by atoms with Gasteiger partial charge < -0.3 is 15.5 Å². The summed E-state index contributed by atoms with van der Waals surface area (Å²) < 4.78 is 11.3. The predicted molar refractivity (Wildman–Crippen MR) is 78.2 cm³/mol. The van der Waals surface area contributed by atoms with Crippen LogP contribution in [0.1, 0.15) is 12.8 Å². The van der Waals surface area contributed by atoms with E-state index in [4.69, 9.17) is 0 Å². The molecule has 1 fully saturated rings. The van der Waals surface area contributed by atoms with E-state index in [1.165, 1.54) is 0 Å². The molecule has 1 saturated heterocycles. The van der Waals surface area contributed by atoms with E-state index < -0.39 is 10.8 Å². The minimum Gasteiger partial charge on any atom is -0.357 e. The third-order valence-electron chi connectivity index (χ3n) is 2.97. The molecule has 0 saturated carbocycles. The maximum absolute atomic E-state index is 11.3. The Morgan fingerprint density at radius 2 is 1.79 bits per heavy atom. The average Bonchev–Trinajstić information content (AvgIpc) is 2.41. The molecule has 2 rings (SSSR count). The monoisotopic (exact) mass is 284 g/mol. The van der Waals surface area contributed by atoms with Crippen molar-refractivity contribution in [2.75, 3.05) is 48.2 Å². The third kappa shape index (κ3) is 3.76. The Balaban J connectivity index is 2.10. The Hall–Kier alpha value is -1.44. The van der Waals surface area contributed by atoms with Gasteiger partial charge in [0.2, 0.25) is 17.8 Å². The molecule has 0 bridgehead atoms. The van der Waals surface area contributed by atoms with Crippen molar-refractivity contribution >= 4 is 28.6 Å². The number of aromatic nitrogens is 3. The lowest BCUT2D eigenvalue weighted by Gasteiger charge is -2.23. The molecule has 1 aromatic heterocycles. The third-order valence-corrected chi connectivity index (χ3v) is 4.35. The fourth-order valence-electron chi connectivity index (χ4n) is 1.86. The maximum Gasteiger partial charge on any atom is 0.231 e. The molecular formula is C11H20N6OS. The van der Waals surface area contributed by atoms with Crippen molar-refractivity contribution in [3.63, 3.8) is 0 Å². The fourth-order valence-corrected chi connectivity index (χ4v) is 3.16. The first kappa shape index (κ1) is 14.0. The Bertz CT molecular complexity index is 456. The lowest BCUT2D eigenvalue weighted by Crippen LogP contribution is -2.30. The number of nitrogens with zero attached hydrogens (tertiary/aromatic N) is 4. The van der Waals surface area contributed by atoms with Crippen molar-refractivity contribution < 1.29 is 4.21 Å². The van der Waals surface area contributed by atoms with E-state index in [0.29, 0.717) is 23.9 Å². The predicted octanol–water partition coefficient (Wildman–Crippen LogP) is 0.302. The molecule has 1 aromatic rings. The molecule has 8 heteroatoms. The number of anilines is 3. The highest BCUT2D eigenvalue weighted by Gasteiger charge is 2.19. The quantitative estimate of drug-likeness (QED) is 0.823. The SMILES string of the molecule is CNc1nc(NC2CCS(=O)CC2)nc(N(C)C)n1. The average molecular weight is 284 g/mol. The number of nitrogens with one attached hydrogen (secondary N) is 2. The van der Waals surface area contributed by atoms with Crippen molar-refractivity contribution in [3.8, 4) is 0 Å². The van der Waals surface area contributed by atoms with E-state index in [1.54, 1.807) is 7.05 Å². The van der Waals surface area contributed by atoms with Crippen LogP contribution in [0.15, 0.2) is 0 Å². The van der Waals surface area contributed by atoms with Gasteiger partial charge in [0, 0.05) is 49.5 Å². The van der Waals surface area contributed by atoms with Gasteiger partial charge in [0.1, 0.15) is 0 Å². The first-order chi connectivity index (χ1) is 9.08. The van der Waals surface area contributed by atoms with Gasteiger partial charge in [-0.05, 0) is 12.8 Å². The van der Waals surface area contributed by atoms with E-state index in [-0.39, 0.29) is 0 Å². The molecule has 106 valence electrons. The summed E-state index contributed by atoms with van der Waals surface area (Å²) in [6, 6.07) is 0.291. The zero-order chi connectivity index (χ0) is 13.8. The van der Waals surface area contributed by atoms with Crippen molar-refractivity contribution in [2.24, 2.45) is 0 Å². The molecule has 0 atom stereocenters. The largest absolute Gasteiger partial charge is 0.357 e. The van der Waals surface area contributed by atoms with E-state index in [9.17, 15) is 4.21 Å². The minimum absolute atomic E-state index is 0.291. The topological polar surface area (TPSA) is 83.0 Å². The number of hydrogen-bond donors (Lipinski definition) is 2. The van der Waals surface area contributed by atoms with Crippen LogP contribution in [0, 0.1) is 0 Å². The summed E-state index contributed by atoms with van der Waals surface area (Å²) in [5.41, 5.74) is 0. The molecule has 2 N–H and O–H groups in total. The molecule has 0 radical (unpaired) electrons. The second-order valence-electron chi connectivity index (χ2n) is 4.69. The van der Waals surface area contributed by atoms with Gasteiger partial charge in [0.05, 0.1) is 0 Å². The first-order valence-electron chi connectivity index (χ1n) is 6.31. The molecule has 7 nitrogen and oxygen atoms in total. The molecule has 19 heavy (non-hydrogen) atoms. The molecule has 1 aliphatic rings. The Morgan fingerprint density at radius 3 is 2.37 bits per heavy atom. The van der Waals surface area contributed by atoms with E-state index in [1.807, 2.05) is 19.0 Å². The molecule has 2 heterocycles. The lowest BCUT2D eigenvalue weighted by molar-refractivity contribution is 0.620. The van der Waals surface area contributed by atoms with E-state index in [2.05, 4.69) is 25.6 Å². The molecule has 1 aliphatic heterocycles. The summed E-state index contributed by atoms with van der Waals surface area (Å²) in [5.74, 6) is 3.23. The Labute approximate surface area is 115 Å². The number of rotatable bonds is 4. The molecule has 0 amide bonds. The second kappa shape index (κ2) is 6.14. The molecule has 0 unspecified atom stereocenters. The van der Waals surface area contributed by atoms with Gasteiger partial charge in [-0.25, -0.2) is 0 Å². The summed E-state index contributed by atoms with van der Waals surface area (Å²) in [6.07, 6.45) is 1.79. The van der Waals surface area contributed by atoms with Crippen LogP contribution in [-0.2, 0) is 10.8 Å². The fraction of sp³-hybridized carbons (Fsp3) is 0.727. The van der Waals surface area contributed by atoms with Crippen LogP contribution >= 0.6 is 0 Å². The van der Waals surface area contributed by atoms with E-state index in [0.717, 1.165) is 24.3 Å². The zero-order valence-corrected chi connectivity index (χ0v) is 12.3. The summed E-state index contributed by atoms with van der Waals surface area (Å²) >= 11 is 0. The van der Waals surface area contributed by atoms with Crippen molar-refractivity contribution in [1.29, 1.82) is 0 Å². The standard InChI is InChI=1S/C11H20N6OS/c1-12-9-14-10(16-11(15-9)17(2)3)13-8-4-6-19(18)7-5-8/h8H,4-7H2,1-3H3,(H2,12,13,14,15,16). The second-order valence-corrected chi connectivity index (χ2v) is 6.39. The summed E-state index contributed by atoms with van der Waals surface area (Å²) in [5, 5.41) is 6.24. The zero-order valence-electron chi connectivity index (χ0n) is 11.5. The van der Waals surface area contributed by atoms with Crippen LogP contribution in [0.25, 0.3) is 0 Å². The highest BCUT2D eigenvalue weighted by Crippen LogP contribution is 2.16. The maximum atomic E-state index is 11.3. The van der Waals surface area contributed by atoms with Crippen LogP contribution in [-0.4, -0.2) is 57.9 Å². The van der Waals surface area contributed by atoms with Gasteiger partial charge in [-0.2, -0.15) is 15.0 Å². The lowest BCUT2D eigenvalue weighted by atomic mass is 10.2. The summed E-state index contributed by atoms with van der Waals surface area (Å²) in [7, 11) is 4.91. The van der Waals surface area contributed by atoms with Gasteiger partial charge in [-0.1, -0.05) is 0 Å². The van der Waals surface area contributed by atoms with Crippen molar-refractivity contribution in [2.45, 2.75) is 18.9 Å². The molecule has 0 aromatic carbocycles. The molecule has 0 spiro atoms. The van der Waals surface area contributed by atoms with Gasteiger partial charge in [0.25, 0.3) is 0 Å². The Kier molecular flexibility index (Phi) is 4.52. The summed E-state index contributed by atoms with van der Waals surface area (Å²) in [6.45, 7) is 0. The highest BCUT2D eigenvalue weighted by molar-refractivity contribution is 7.85. The smallest absolute Gasteiger partial charge is 0.231 e. The van der Waals surface area contributed by atoms with E-state index >= 15 is 0 Å². The normalized spacial score (nSPS) is 22.9. The van der Waals surface area contributed by atoms with Gasteiger partial charge >= 0.3 is 0 Å². The van der Waals surface area contributed by atoms with Crippen LogP contribution in [0.5, 0.6) is 0 Å². The molecular weight excluding hydrogens is 264 g/mol. The Morgan fingerprint density at radius 1 is 1.16 bits per heavy atom. The van der Waals surface area contributed by atoms with Gasteiger partial charge in [-0.3, -0.25) is 4.21 Å². The van der Waals surface area contributed by atoms with Crippen molar-refractivity contribution in [1.82, 2.24) is 15.0 Å². The van der Waals surface area contributed by atoms with Gasteiger partial charge in [-0.15, -0.1) is 0 Å². The van der Waals surface area contributed by atoms with Crippen LogP contribution < -0.4 is 15.5 Å². The minimum atomic E-state index is -0.650. The van der Waals surface area contributed by atoms with Crippen LogP contribution in [0.3, 0.4) is 0 Å². The van der Waals surface area contributed by atoms with Crippen molar-refractivity contribution in [3.05, 3.63) is 0 Å². The highest BCUT2D eigenvalue weighted by atomic mass is 32.2. The van der Waals surface area contributed by atoms with Crippen LogP contribution in [0.2, 0.25) is 0 Å². The molecule has 0 aliphatic carbocycles. The van der Waals surface area contributed by atoms with Crippen LogP contribution in [0.4, 0.5) is 17.8 Å². The summed E-state index contributed by atoms with van der Waals surface area (Å²) in [4.78, 5) is 14.8. The van der Waals surface area contributed by atoms with Gasteiger partial charge in [0.15, 0.2) is 0 Å². The number of hydrogen-bond acceptors (Lipinski definition) is 7.